The normalized spacial score (nSPS) is 9.55. The quantitative estimate of drug-likeness (QED) is 0.717. The number of nitrogens with one attached hydrogen (secondary N) is 1. The Hall–Kier alpha value is -0.470. The smallest absolute Gasteiger partial charge is 0.0182 e. The molecule has 0 radical (unpaired) electrons. The zero-order valence-corrected chi connectivity index (χ0v) is 8.08. The van der Waals surface area contributed by atoms with E-state index in [9.17, 15) is 0 Å². The predicted octanol–water partition coefficient (Wildman–Crippen LogP) is 3.35. The number of aromatic nitrogens is 1. The zero-order valence-electron chi connectivity index (χ0n) is 5.67. The Morgan fingerprint density at radius 1 is 1.09 bits per heavy atom. The van der Waals surface area contributed by atoms with Gasteiger partial charge in [0.15, 0.2) is 0 Å². The SMILES string of the molecule is Brc1ccc2c[nH]cc2c1.Cl. The molecule has 3 heteroatoms. The first-order valence-electron chi connectivity index (χ1n) is 3.08. The van der Waals surface area contributed by atoms with Crippen LogP contribution >= 0.6 is 28.3 Å². The van der Waals surface area contributed by atoms with Crippen molar-refractivity contribution >= 4 is 39.1 Å². The van der Waals surface area contributed by atoms with E-state index in [1.807, 2.05) is 18.5 Å². The minimum atomic E-state index is 0. The van der Waals surface area contributed by atoms with Gasteiger partial charge in [0.2, 0.25) is 0 Å². The van der Waals surface area contributed by atoms with Crippen molar-refractivity contribution in [2.45, 2.75) is 0 Å². The average molecular weight is 233 g/mol. The highest BCUT2D eigenvalue weighted by Gasteiger charge is 1.92. The fourth-order valence-electron chi connectivity index (χ4n) is 1.02. The Balaban J connectivity index is 0.000000605. The number of H-pyrrole nitrogens is 1. The van der Waals surface area contributed by atoms with Gasteiger partial charge < -0.3 is 4.98 Å². The molecule has 1 aromatic heterocycles. The molecule has 2 aromatic rings. The van der Waals surface area contributed by atoms with Crippen molar-refractivity contribution in [1.29, 1.82) is 0 Å². The molecule has 0 fully saturated rings. The molecule has 2 rings (SSSR count). The molecule has 0 atom stereocenters. The fourth-order valence-corrected chi connectivity index (χ4v) is 1.40. The lowest BCUT2D eigenvalue weighted by Crippen LogP contribution is -1.62. The third-order valence-corrected chi connectivity index (χ3v) is 2.02. The predicted molar refractivity (Wildman–Crippen MR) is 53.2 cm³/mol. The summed E-state index contributed by atoms with van der Waals surface area (Å²) >= 11 is 3.40. The van der Waals surface area contributed by atoms with Crippen molar-refractivity contribution in [2.24, 2.45) is 0 Å². The molecule has 0 unspecified atom stereocenters. The van der Waals surface area contributed by atoms with Crippen LogP contribution in [0, 0.1) is 0 Å². The van der Waals surface area contributed by atoms with Crippen LogP contribution in [0.25, 0.3) is 10.8 Å². The van der Waals surface area contributed by atoms with Gasteiger partial charge in [-0.05, 0) is 17.5 Å². The number of benzene rings is 1. The van der Waals surface area contributed by atoms with Crippen LogP contribution in [0.5, 0.6) is 0 Å². The van der Waals surface area contributed by atoms with E-state index >= 15 is 0 Å². The number of aromatic amines is 1. The van der Waals surface area contributed by atoms with Crippen LogP contribution in [0.15, 0.2) is 35.1 Å². The highest BCUT2D eigenvalue weighted by Crippen LogP contribution is 2.18. The molecule has 1 N–H and O–H groups in total. The maximum atomic E-state index is 3.40. The molecule has 1 nitrogen and oxygen atoms in total. The first kappa shape index (κ1) is 8.62. The molecule has 0 aliphatic rings. The molecular weight excluding hydrogens is 225 g/mol. The van der Waals surface area contributed by atoms with Crippen LogP contribution in [0.2, 0.25) is 0 Å². The Morgan fingerprint density at radius 2 is 1.82 bits per heavy atom. The van der Waals surface area contributed by atoms with Gasteiger partial charge in [0, 0.05) is 22.3 Å². The largest absolute Gasteiger partial charge is 0.366 e. The monoisotopic (exact) mass is 231 g/mol. The first-order chi connectivity index (χ1) is 4.86. The molecule has 0 amide bonds. The topological polar surface area (TPSA) is 15.8 Å². The molecule has 1 aromatic carbocycles. The summed E-state index contributed by atoms with van der Waals surface area (Å²) in [5, 5.41) is 2.50. The van der Waals surface area contributed by atoms with E-state index in [1.54, 1.807) is 0 Å². The maximum Gasteiger partial charge on any atom is 0.0182 e. The molecule has 11 heavy (non-hydrogen) atoms. The van der Waals surface area contributed by atoms with E-state index in [-0.39, 0.29) is 12.4 Å². The summed E-state index contributed by atoms with van der Waals surface area (Å²) < 4.78 is 1.12. The van der Waals surface area contributed by atoms with Crippen molar-refractivity contribution in [2.75, 3.05) is 0 Å². The standard InChI is InChI=1S/C8H6BrN.ClH/c9-8-2-1-6-4-10-5-7(6)3-8;/h1-5,10H;1H. The van der Waals surface area contributed by atoms with Gasteiger partial charge in [0.1, 0.15) is 0 Å². The molecular formula is C8H7BrClN. The lowest BCUT2D eigenvalue weighted by molar-refractivity contribution is 1.43. The van der Waals surface area contributed by atoms with E-state index in [1.165, 1.54) is 10.8 Å². The summed E-state index contributed by atoms with van der Waals surface area (Å²) in [7, 11) is 0. The fraction of sp³-hybridized carbons (Fsp3) is 0. The Kier molecular flexibility index (Phi) is 2.58. The summed E-state index contributed by atoms with van der Waals surface area (Å²) in [4.78, 5) is 3.04. The van der Waals surface area contributed by atoms with Gasteiger partial charge in [-0.2, -0.15) is 0 Å². The Labute approximate surface area is 79.3 Å². The average Bonchev–Trinajstić information content (AvgIpc) is 2.33. The van der Waals surface area contributed by atoms with Crippen LogP contribution in [-0.4, -0.2) is 4.98 Å². The van der Waals surface area contributed by atoms with Gasteiger partial charge in [-0.15, -0.1) is 12.4 Å². The zero-order chi connectivity index (χ0) is 6.97. The van der Waals surface area contributed by atoms with Crippen LogP contribution < -0.4 is 0 Å². The molecule has 0 saturated heterocycles. The molecule has 0 aliphatic carbocycles. The number of rotatable bonds is 0. The van der Waals surface area contributed by atoms with E-state index in [2.05, 4.69) is 33.0 Å². The van der Waals surface area contributed by atoms with E-state index in [0.29, 0.717) is 0 Å². The second kappa shape index (κ2) is 3.28. The maximum absolute atomic E-state index is 3.40. The van der Waals surface area contributed by atoms with Gasteiger partial charge in [-0.1, -0.05) is 22.0 Å². The van der Waals surface area contributed by atoms with Crippen LogP contribution in [0.4, 0.5) is 0 Å². The molecule has 0 saturated carbocycles. The Morgan fingerprint density at radius 3 is 2.64 bits per heavy atom. The summed E-state index contributed by atoms with van der Waals surface area (Å²) in [5.41, 5.74) is 0. The Bertz CT molecular complexity index is 356. The molecule has 0 aliphatic heterocycles. The minimum absolute atomic E-state index is 0. The number of hydrogen-bond donors (Lipinski definition) is 1. The highest BCUT2D eigenvalue weighted by molar-refractivity contribution is 9.10. The highest BCUT2D eigenvalue weighted by atomic mass is 79.9. The van der Waals surface area contributed by atoms with Crippen molar-refractivity contribution in [3.63, 3.8) is 0 Å². The van der Waals surface area contributed by atoms with Gasteiger partial charge in [-0.3, -0.25) is 0 Å². The molecule has 1 heterocycles. The summed E-state index contributed by atoms with van der Waals surface area (Å²) in [6, 6.07) is 6.21. The first-order valence-corrected chi connectivity index (χ1v) is 3.87. The third kappa shape index (κ3) is 1.57. The van der Waals surface area contributed by atoms with Crippen LogP contribution in [-0.2, 0) is 0 Å². The van der Waals surface area contributed by atoms with Crippen molar-refractivity contribution in [1.82, 2.24) is 4.98 Å². The summed E-state index contributed by atoms with van der Waals surface area (Å²) in [6.07, 6.45) is 3.97. The molecule has 0 spiro atoms. The number of hydrogen-bond acceptors (Lipinski definition) is 0. The second-order valence-corrected chi connectivity index (χ2v) is 3.14. The van der Waals surface area contributed by atoms with Gasteiger partial charge >= 0.3 is 0 Å². The van der Waals surface area contributed by atoms with E-state index in [4.69, 9.17) is 0 Å². The number of fused-ring (bicyclic) bond motifs is 1. The van der Waals surface area contributed by atoms with Crippen molar-refractivity contribution in [3.8, 4) is 0 Å². The van der Waals surface area contributed by atoms with Crippen molar-refractivity contribution < 1.29 is 0 Å². The number of halogens is 2. The van der Waals surface area contributed by atoms with E-state index < -0.39 is 0 Å². The lowest BCUT2D eigenvalue weighted by atomic mass is 10.2. The van der Waals surface area contributed by atoms with Gasteiger partial charge in [-0.25, -0.2) is 0 Å². The molecule has 0 bridgehead atoms. The van der Waals surface area contributed by atoms with E-state index in [0.717, 1.165) is 4.47 Å². The van der Waals surface area contributed by atoms with Crippen LogP contribution in [0.1, 0.15) is 0 Å². The van der Waals surface area contributed by atoms with Gasteiger partial charge in [0.25, 0.3) is 0 Å². The summed E-state index contributed by atoms with van der Waals surface area (Å²) in [6.45, 7) is 0. The third-order valence-electron chi connectivity index (χ3n) is 1.53. The molecule has 58 valence electrons. The van der Waals surface area contributed by atoms with Crippen molar-refractivity contribution in [3.05, 3.63) is 35.1 Å². The minimum Gasteiger partial charge on any atom is -0.366 e. The van der Waals surface area contributed by atoms with Crippen LogP contribution in [0.3, 0.4) is 0 Å². The lowest BCUT2D eigenvalue weighted by Gasteiger charge is -1.88. The summed E-state index contributed by atoms with van der Waals surface area (Å²) in [5.74, 6) is 0. The van der Waals surface area contributed by atoms with Gasteiger partial charge in [0.05, 0.1) is 0 Å². The second-order valence-electron chi connectivity index (χ2n) is 2.23.